The smallest absolute Gasteiger partial charge is 0.0899 e. The summed E-state index contributed by atoms with van der Waals surface area (Å²) in [5, 5.41) is 2.34. The van der Waals surface area contributed by atoms with E-state index in [0.29, 0.717) is 0 Å². The minimum atomic E-state index is 0.841. The normalized spacial score (nSPS) is 11.3. The number of rotatable bonds is 5. The molecular formula is C39H26N4. The first-order valence-corrected chi connectivity index (χ1v) is 14.4. The number of nitrogens with zero attached hydrogens (tertiary/aromatic N) is 4. The van der Waals surface area contributed by atoms with Gasteiger partial charge in [0, 0.05) is 40.6 Å². The molecule has 43 heavy (non-hydrogen) atoms. The van der Waals surface area contributed by atoms with Crippen LogP contribution in [0.15, 0.2) is 158 Å². The van der Waals surface area contributed by atoms with Crippen LogP contribution in [0.25, 0.3) is 72.4 Å². The van der Waals surface area contributed by atoms with E-state index in [1.54, 1.807) is 0 Å². The van der Waals surface area contributed by atoms with Gasteiger partial charge in [-0.3, -0.25) is 9.97 Å². The molecule has 0 aliphatic carbocycles. The van der Waals surface area contributed by atoms with E-state index in [-0.39, 0.29) is 0 Å². The topological polar surface area (TPSA) is 43.6 Å². The second kappa shape index (κ2) is 10.5. The number of hydrogen-bond donors (Lipinski definition) is 0. The van der Waals surface area contributed by atoms with Gasteiger partial charge in [0.1, 0.15) is 0 Å². The molecule has 0 N–H and O–H groups in total. The van der Waals surface area contributed by atoms with Crippen LogP contribution in [0.2, 0.25) is 0 Å². The quantitative estimate of drug-likeness (QED) is 0.214. The maximum Gasteiger partial charge on any atom is 0.0899 e. The van der Waals surface area contributed by atoms with Crippen molar-refractivity contribution in [2.24, 2.45) is 0 Å². The van der Waals surface area contributed by atoms with Crippen molar-refractivity contribution < 1.29 is 0 Å². The number of fused-ring (bicyclic) bond motifs is 3. The molecule has 4 aromatic carbocycles. The summed E-state index contributed by atoms with van der Waals surface area (Å²) in [5.74, 6) is 0. The Bertz CT molecular complexity index is 2160. The summed E-state index contributed by atoms with van der Waals surface area (Å²) in [6, 6.07) is 48.6. The van der Waals surface area contributed by atoms with Crippen molar-refractivity contribution in [3.8, 4) is 50.6 Å². The third kappa shape index (κ3) is 4.55. The van der Waals surface area contributed by atoms with Crippen LogP contribution in [0.4, 0.5) is 0 Å². The summed E-state index contributed by atoms with van der Waals surface area (Å²) in [6.45, 7) is 0. The molecular weight excluding hydrogens is 524 g/mol. The predicted octanol–water partition coefficient (Wildman–Crippen LogP) is 9.64. The Morgan fingerprint density at radius 3 is 2.00 bits per heavy atom. The largest absolute Gasteiger partial charge is 0.309 e. The van der Waals surface area contributed by atoms with Crippen LogP contribution in [0.1, 0.15) is 0 Å². The van der Waals surface area contributed by atoms with Gasteiger partial charge in [0.05, 0.1) is 28.1 Å². The number of pyridine rings is 3. The lowest BCUT2D eigenvalue weighted by Gasteiger charge is -2.13. The standard InChI is InChI=1S/C39H26N4/c1-2-9-27(10-3-1)28-16-18-29(19-17-28)36-24-31(25-37(42-36)35-14-6-7-21-41-35)30-11-8-12-32(23-30)43-38-15-5-4-13-33(38)34-26-40-22-20-39(34)43/h1-26H. The van der Waals surface area contributed by atoms with E-state index in [9.17, 15) is 0 Å². The zero-order chi connectivity index (χ0) is 28.6. The molecule has 0 unspecified atom stereocenters. The average Bonchev–Trinajstić information content (AvgIpc) is 3.43. The van der Waals surface area contributed by atoms with Gasteiger partial charge in [0.2, 0.25) is 0 Å². The molecule has 8 aromatic rings. The van der Waals surface area contributed by atoms with Crippen LogP contribution in [0, 0.1) is 0 Å². The van der Waals surface area contributed by atoms with E-state index >= 15 is 0 Å². The van der Waals surface area contributed by atoms with E-state index in [1.807, 2.05) is 42.9 Å². The van der Waals surface area contributed by atoms with Gasteiger partial charge in [0.25, 0.3) is 0 Å². The first-order chi connectivity index (χ1) is 21.3. The SMILES string of the molecule is c1ccc(-c2ccc(-c3cc(-c4cccc(-n5c6ccccc6c6cnccc65)c4)cc(-c4ccccn4)n3)cc2)cc1. The van der Waals surface area contributed by atoms with E-state index in [2.05, 4.69) is 130 Å². The Morgan fingerprint density at radius 2 is 1.14 bits per heavy atom. The summed E-state index contributed by atoms with van der Waals surface area (Å²) in [6.07, 6.45) is 5.63. The highest BCUT2D eigenvalue weighted by atomic mass is 15.0. The molecule has 4 aromatic heterocycles. The Labute approximate surface area is 249 Å². The number of para-hydroxylation sites is 1. The van der Waals surface area contributed by atoms with Gasteiger partial charge in [-0.1, -0.05) is 91.0 Å². The average molecular weight is 551 g/mol. The summed E-state index contributed by atoms with van der Waals surface area (Å²) >= 11 is 0. The Balaban J connectivity index is 1.27. The van der Waals surface area contributed by atoms with Gasteiger partial charge in [-0.2, -0.15) is 0 Å². The molecule has 4 heterocycles. The third-order valence-corrected chi connectivity index (χ3v) is 7.95. The molecule has 0 aliphatic heterocycles. The Morgan fingerprint density at radius 1 is 0.419 bits per heavy atom. The highest BCUT2D eigenvalue weighted by molar-refractivity contribution is 6.08. The summed E-state index contributed by atoms with van der Waals surface area (Å²) in [5.41, 5.74) is 11.6. The van der Waals surface area contributed by atoms with Gasteiger partial charge in [0.15, 0.2) is 0 Å². The summed E-state index contributed by atoms with van der Waals surface area (Å²) in [4.78, 5) is 14.1. The molecule has 0 radical (unpaired) electrons. The zero-order valence-electron chi connectivity index (χ0n) is 23.3. The van der Waals surface area contributed by atoms with Crippen LogP contribution >= 0.6 is 0 Å². The molecule has 8 rings (SSSR count). The van der Waals surface area contributed by atoms with Crippen molar-refractivity contribution >= 4 is 21.8 Å². The first-order valence-electron chi connectivity index (χ1n) is 14.4. The number of hydrogen-bond acceptors (Lipinski definition) is 3. The molecule has 4 nitrogen and oxygen atoms in total. The van der Waals surface area contributed by atoms with Crippen molar-refractivity contribution in [3.63, 3.8) is 0 Å². The monoisotopic (exact) mass is 550 g/mol. The molecule has 0 bridgehead atoms. The molecule has 0 fully saturated rings. The lowest BCUT2D eigenvalue weighted by molar-refractivity contribution is 1.17. The highest BCUT2D eigenvalue weighted by Gasteiger charge is 2.14. The third-order valence-electron chi connectivity index (χ3n) is 7.95. The molecule has 4 heteroatoms. The highest BCUT2D eigenvalue weighted by Crippen LogP contribution is 2.35. The molecule has 202 valence electrons. The fourth-order valence-corrected chi connectivity index (χ4v) is 5.87. The van der Waals surface area contributed by atoms with E-state index in [0.717, 1.165) is 55.9 Å². The van der Waals surface area contributed by atoms with E-state index in [1.165, 1.54) is 16.5 Å². The van der Waals surface area contributed by atoms with Crippen LogP contribution < -0.4 is 0 Å². The fraction of sp³-hybridized carbons (Fsp3) is 0. The lowest BCUT2D eigenvalue weighted by Crippen LogP contribution is -1.96. The molecule has 0 spiro atoms. The van der Waals surface area contributed by atoms with Crippen molar-refractivity contribution in [1.29, 1.82) is 0 Å². The van der Waals surface area contributed by atoms with E-state index in [4.69, 9.17) is 4.98 Å². The summed E-state index contributed by atoms with van der Waals surface area (Å²) in [7, 11) is 0. The molecule has 0 atom stereocenters. The zero-order valence-corrected chi connectivity index (χ0v) is 23.3. The van der Waals surface area contributed by atoms with E-state index < -0.39 is 0 Å². The molecule has 0 saturated carbocycles. The maximum atomic E-state index is 5.08. The van der Waals surface area contributed by atoms with Gasteiger partial charge in [-0.05, 0) is 70.8 Å². The lowest BCUT2D eigenvalue weighted by atomic mass is 9.99. The van der Waals surface area contributed by atoms with Crippen LogP contribution in [0.5, 0.6) is 0 Å². The van der Waals surface area contributed by atoms with Gasteiger partial charge in [-0.15, -0.1) is 0 Å². The Kier molecular flexibility index (Phi) is 6.08. The maximum absolute atomic E-state index is 5.08. The second-order valence-corrected chi connectivity index (χ2v) is 10.6. The minimum absolute atomic E-state index is 0.841. The minimum Gasteiger partial charge on any atom is -0.309 e. The van der Waals surface area contributed by atoms with Crippen molar-refractivity contribution in [3.05, 3.63) is 158 Å². The first kappa shape index (κ1) is 24.9. The van der Waals surface area contributed by atoms with Crippen LogP contribution in [-0.4, -0.2) is 19.5 Å². The number of benzene rings is 4. The fourth-order valence-electron chi connectivity index (χ4n) is 5.87. The molecule has 0 saturated heterocycles. The van der Waals surface area contributed by atoms with Crippen molar-refractivity contribution in [1.82, 2.24) is 19.5 Å². The molecule has 0 aliphatic rings. The van der Waals surface area contributed by atoms with Crippen LogP contribution in [0.3, 0.4) is 0 Å². The molecule has 0 amide bonds. The second-order valence-electron chi connectivity index (χ2n) is 10.6. The van der Waals surface area contributed by atoms with Crippen molar-refractivity contribution in [2.45, 2.75) is 0 Å². The number of aromatic nitrogens is 4. The summed E-state index contributed by atoms with van der Waals surface area (Å²) < 4.78 is 2.32. The van der Waals surface area contributed by atoms with Crippen LogP contribution in [-0.2, 0) is 0 Å². The van der Waals surface area contributed by atoms with Crippen molar-refractivity contribution in [2.75, 3.05) is 0 Å². The van der Waals surface area contributed by atoms with Gasteiger partial charge in [-0.25, -0.2) is 4.98 Å². The predicted molar refractivity (Wildman–Crippen MR) is 176 cm³/mol. The van der Waals surface area contributed by atoms with Gasteiger partial charge >= 0.3 is 0 Å². The van der Waals surface area contributed by atoms with Gasteiger partial charge < -0.3 is 4.57 Å². The Hall–Kier alpha value is -5.87.